The number of imide groups is 2. The lowest BCUT2D eigenvalue weighted by atomic mass is 9.80. The van der Waals surface area contributed by atoms with Crippen LogP contribution in [0, 0.1) is 11.7 Å². The van der Waals surface area contributed by atoms with Gasteiger partial charge in [-0.25, -0.2) is 27.6 Å². The van der Waals surface area contributed by atoms with Crippen molar-refractivity contribution in [1.29, 1.82) is 0 Å². The molecule has 4 atom stereocenters. The fourth-order valence-corrected chi connectivity index (χ4v) is 5.73. The van der Waals surface area contributed by atoms with Gasteiger partial charge >= 0.3 is 6.03 Å². The molecule has 1 unspecified atom stereocenters. The van der Waals surface area contributed by atoms with Crippen LogP contribution < -0.4 is 15.5 Å². The van der Waals surface area contributed by atoms with Gasteiger partial charge in [-0.1, -0.05) is 5.16 Å². The van der Waals surface area contributed by atoms with Crippen LogP contribution in [-0.2, 0) is 30.6 Å². The molecular formula is C23H23FN6O7S. The van der Waals surface area contributed by atoms with Gasteiger partial charge in [0.2, 0.25) is 32.9 Å². The minimum Gasteiger partial charge on any atom is -0.372 e. The van der Waals surface area contributed by atoms with Crippen LogP contribution in [0.4, 0.5) is 14.9 Å². The van der Waals surface area contributed by atoms with Crippen molar-refractivity contribution in [3.63, 3.8) is 0 Å². The highest BCUT2D eigenvalue weighted by atomic mass is 32.2. The van der Waals surface area contributed by atoms with E-state index in [2.05, 4.69) is 20.4 Å². The molecule has 2 N–H and O–H groups in total. The van der Waals surface area contributed by atoms with Crippen LogP contribution in [0.2, 0.25) is 0 Å². The minimum absolute atomic E-state index is 0.0363. The van der Waals surface area contributed by atoms with Gasteiger partial charge in [0, 0.05) is 19.0 Å². The molecular weight excluding hydrogens is 523 g/mol. The number of carbonyl (C=O) groups is 3. The zero-order valence-corrected chi connectivity index (χ0v) is 21.3. The van der Waals surface area contributed by atoms with Crippen molar-refractivity contribution in [2.24, 2.45) is 5.92 Å². The number of rotatable bonds is 4. The third-order valence-corrected chi connectivity index (χ3v) is 7.47. The standard InChI is InChI=1S/C23H23FN6O7S/c1-10-8-30-18(11(2)36-10)14(21(32)28-22(33)26-9-31)7-12-6-13-17(29-37-20(13)16(24)19(12)30)15-4-5-25-23(27-15)38(3,34)35/h4-6,9-11,14,18H,7-8H2,1-3H3,(H2,26,28,31,32,33)/t10-,11+,14?,18-/m1/s1. The third kappa shape index (κ3) is 4.36. The first kappa shape index (κ1) is 25.7. The van der Waals surface area contributed by atoms with Crippen LogP contribution in [0.5, 0.6) is 0 Å². The average molecular weight is 547 g/mol. The second kappa shape index (κ2) is 9.40. The number of halogens is 1. The molecule has 0 aliphatic carbocycles. The lowest BCUT2D eigenvalue weighted by Crippen LogP contribution is -2.62. The number of hydrogen-bond acceptors (Lipinski definition) is 11. The van der Waals surface area contributed by atoms with Gasteiger partial charge in [-0.15, -0.1) is 0 Å². The van der Waals surface area contributed by atoms with Gasteiger partial charge in [0.05, 0.1) is 40.9 Å². The van der Waals surface area contributed by atoms with E-state index in [1.807, 2.05) is 12.2 Å². The maximum absolute atomic E-state index is 16.1. The monoisotopic (exact) mass is 546 g/mol. The summed E-state index contributed by atoms with van der Waals surface area (Å²) >= 11 is 0. The average Bonchev–Trinajstić information content (AvgIpc) is 3.27. The highest BCUT2D eigenvalue weighted by Crippen LogP contribution is 2.44. The Morgan fingerprint density at radius 1 is 1.29 bits per heavy atom. The van der Waals surface area contributed by atoms with Crippen molar-refractivity contribution in [1.82, 2.24) is 25.8 Å². The zero-order valence-electron chi connectivity index (χ0n) is 20.5. The molecule has 5 rings (SSSR count). The van der Waals surface area contributed by atoms with Crippen molar-refractivity contribution in [2.75, 3.05) is 17.7 Å². The Bertz CT molecular complexity index is 1580. The molecule has 1 aromatic carbocycles. The maximum Gasteiger partial charge on any atom is 0.327 e. The van der Waals surface area contributed by atoms with Gasteiger partial charge in [-0.3, -0.25) is 20.2 Å². The van der Waals surface area contributed by atoms with Crippen LogP contribution in [0.1, 0.15) is 19.4 Å². The molecule has 38 heavy (non-hydrogen) atoms. The summed E-state index contributed by atoms with van der Waals surface area (Å²) in [6, 6.07) is 1.45. The molecule has 200 valence electrons. The van der Waals surface area contributed by atoms with Crippen molar-refractivity contribution in [3.05, 3.63) is 29.7 Å². The van der Waals surface area contributed by atoms with Gasteiger partial charge in [0.15, 0.2) is 5.82 Å². The molecule has 1 fully saturated rings. The normalized spacial score (nSPS) is 22.9. The predicted molar refractivity (Wildman–Crippen MR) is 129 cm³/mol. The van der Waals surface area contributed by atoms with E-state index >= 15 is 4.39 Å². The fraction of sp³-hybridized carbons (Fsp3) is 0.391. The molecule has 0 spiro atoms. The van der Waals surface area contributed by atoms with E-state index in [0.29, 0.717) is 5.56 Å². The highest BCUT2D eigenvalue weighted by Gasteiger charge is 2.47. The lowest BCUT2D eigenvalue weighted by Gasteiger charge is -2.50. The molecule has 0 bridgehead atoms. The third-order valence-electron chi connectivity index (χ3n) is 6.61. The summed E-state index contributed by atoms with van der Waals surface area (Å²) in [5.41, 5.74) is 0.738. The van der Waals surface area contributed by atoms with Gasteiger partial charge in [0.25, 0.3) is 0 Å². The SMILES string of the molecule is C[C@@H]1CN2c3c(cc4c(-c5ccnc(S(C)(=O)=O)n5)noc4c3F)CC(C(=O)NC(=O)NC=O)[C@H]2[C@H](C)O1. The summed E-state index contributed by atoms with van der Waals surface area (Å²) < 4.78 is 51.2. The van der Waals surface area contributed by atoms with Crippen LogP contribution in [-0.4, -0.2) is 72.9 Å². The topological polar surface area (TPSA) is 174 Å². The number of morpholine rings is 1. The highest BCUT2D eigenvalue weighted by molar-refractivity contribution is 7.90. The maximum atomic E-state index is 16.1. The molecule has 13 nitrogen and oxygen atoms in total. The molecule has 2 aromatic heterocycles. The quantitative estimate of drug-likeness (QED) is 0.352. The number of sulfone groups is 1. The fourth-order valence-electron chi connectivity index (χ4n) is 5.21. The Balaban J connectivity index is 1.64. The van der Waals surface area contributed by atoms with Crippen molar-refractivity contribution < 1.29 is 36.5 Å². The number of fused-ring (bicyclic) bond motifs is 4. The van der Waals surface area contributed by atoms with E-state index in [4.69, 9.17) is 9.26 Å². The predicted octanol–water partition coefficient (Wildman–Crippen LogP) is 0.964. The molecule has 0 saturated carbocycles. The van der Waals surface area contributed by atoms with Crippen molar-refractivity contribution >= 4 is 44.8 Å². The van der Waals surface area contributed by atoms with Crippen molar-refractivity contribution in [2.45, 2.75) is 43.7 Å². The summed E-state index contributed by atoms with van der Waals surface area (Å²) in [4.78, 5) is 45.2. The van der Waals surface area contributed by atoms with Crippen LogP contribution in [0.3, 0.4) is 0 Å². The number of aromatic nitrogens is 3. The summed E-state index contributed by atoms with van der Waals surface area (Å²) in [7, 11) is -3.72. The molecule has 1 saturated heterocycles. The van der Waals surface area contributed by atoms with E-state index < -0.39 is 50.8 Å². The van der Waals surface area contributed by atoms with Crippen LogP contribution >= 0.6 is 0 Å². The number of carbonyl (C=O) groups excluding carboxylic acids is 3. The van der Waals surface area contributed by atoms with Gasteiger partial charge in [0.1, 0.15) is 5.69 Å². The second-order valence-corrected chi connectivity index (χ2v) is 11.2. The number of nitrogens with one attached hydrogen (secondary N) is 2. The first-order chi connectivity index (χ1) is 18.0. The summed E-state index contributed by atoms with van der Waals surface area (Å²) in [6.07, 6.45) is 1.62. The number of urea groups is 1. The summed E-state index contributed by atoms with van der Waals surface area (Å²) in [6.45, 7) is 3.85. The number of benzene rings is 1. The molecule has 0 radical (unpaired) electrons. The van der Waals surface area contributed by atoms with Crippen molar-refractivity contribution in [3.8, 4) is 11.4 Å². The summed E-state index contributed by atoms with van der Waals surface area (Å²) in [5.74, 6) is -2.19. The Labute approximate surface area is 215 Å². The van der Waals surface area contributed by atoms with Gasteiger partial charge in [-0.05, 0) is 38.0 Å². The number of ether oxygens (including phenoxy) is 1. The smallest absolute Gasteiger partial charge is 0.327 e. The second-order valence-electron chi connectivity index (χ2n) is 9.29. The molecule has 2 aliphatic heterocycles. The Morgan fingerprint density at radius 2 is 2.05 bits per heavy atom. The number of nitrogens with zero attached hydrogens (tertiary/aromatic N) is 4. The van der Waals surface area contributed by atoms with Gasteiger partial charge < -0.3 is 14.2 Å². The van der Waals surface area contributed by atoms with Crippen LogP contribution in [0.25, 0.3) is 22.4 Å². The first-order valence-electron chi connectivity index (χ1n) is 11.6. The van der Waals surface area contributed by atoms with E-state index in [0.717, 1.165) is 6.26 Å². The van der Waals surface area contributed by atoms with Gasteiger partial charge in [-0.2, -0.15) is 0 Å². The van der Waals surface area contributed by atoms with Crippen LogP contribution in [0.15, 0.2) is 28.0 Å². The Morgan fingerprint density at radius 3 is 2.76 bits per heavy atom. The largest absolute Gasteiger partial charge is 0.372 e. The Hall–Kier alpha value is -3.98. The number of amides is 4. The minimum atomic E-state index is -3.72. The van der Waals surface area contributed by atoms with E-state index in [9.17, 15) is 22.8 Å². The number of anilines is 1. The Kier molecular flexibility index (Phi) is 6.35. The number of hydrogen-bond donors (Lipinski definition) is 2. The molecule has 15 heteroatoms. The zero-order chi connectivity index (χ0) is 27.4. The van der Waals surface area contributed by atoms with E-state index in [1.54, 1.807) is 17.9 Å². The molecule has 2 aliphatic rings. The van der Waals surface area contributed by atoms with E-state index in [-0.39, 0.29) is 53.5 Å². The lowest BCUT2D eigenvalue weighted by molar-refractivity contribution is -0.128. The summed E-state index contributed by atoms with van der Waals surface area (Å²) in [5, 5.41) is 7.78. The molecule has 4 amide bonds. The molecule has 4 heterocycles. The molecule has 3 aromatic rings. The van der Waals surface area contributed by atoms with E-state index in [1.165, 1.54) is 12.3 Å². The first-order valence-corrected chi connectivity index (χ1v) is 13.5.